The summed E-state index contributed by atoms with van der Waals surface area (Å²) in [5.74, 6) is 1.01. The minimum atomic E-state index is -0.118. The van der Waals surface area contributed by atoms with Crippen LogP contribution in [0, 0.1) is 0 Å². The molecule has 190 valence electrons. The summed E-state index contributed by atoms with van der Waals surface area (Å²) < 4.78 is 0. The molecule has 1 atom stereocenters. The van der Waals surface area contributed by atoms with Crippen LogP contribution < -0.4 is 5.32 Å². The van der Waals surface area contributed by atoms with Crippen molar-refractivity contribution in [1.82, 2.24) is 10.2 Å². The summed E-state index contributed by atoms with van der Waals surface area (Å²) in [6, 6.07) is 38.3. The predicted molar refractivity (Wildman–Crippen MR) is 157 cm³/mol. The largest absolute Gasteiger partial charge is 0.344 e. The number of piperidine rings is 1. The van der Waals surface area contributed by atoms with Crippen molar-refractivity contribution in [3.8, 4) is 0 Å². The lowest BCUT2D eigenvalue weighted by molar-refractivity contribution is -0.122. The van der Waals surface area contributed by atoms with Crippen molar-refractivity contribution in [2.24, 2.45) is 0 Å². The Morgan fingerprint density at radius 3 is 2.00 bits per heavy atom. The van der Waals surface area contributed by atoms with Crippen LogP contribution in [0.25, 0.3) is 5.57 Å². The Labute approximate surface area is 229 Å². The Kier molecular flexibility index (Phi) is 7.43. The maximum absolute atomic E-state index is 13.4. The van der Waals surface area contributed by atoms with Crippen LogP contribution in [0.15, 0.2) is 120 Å². The molecular weight excluding hydrogens is 484 g/mol. The van der Waals surface area contributed by atoms with Crippen molar-refractivity contribution in [2.45, 2.75) is 29.5 Å². The van der Waals surface area contributed by atoms with Crippen molar-refractivity contribution in [1.29, 1.82) is 0 Å². The van der Waals surface area contributed by atoms with Gasteiger partial charge in [-0.05, 0) is 52.3 Å². The van der Waals surface area contributed by atoms with Gasteiger partial charge >= 0.3 is 0 Å². The molecule has 4 aromatic carbocycles. The first-order valence-corrected chi connectivity index (χ1v) is 14.4. The van der Waals surface area contributed by atoms with Gasteiger partial charge in [-0.15, -0.1) is 11.8 Å². The van der Waals surface area contributed by atoms with E-state index in [1.54, 1.807) is 0 Å². The average Bonchev–Trinajstić information content (AvgIpc) is 3.12. The molecule has 1 amide bonds. The minimum Gasteiger partial charge on any atom is -0.344 e. The van der Waals surface area contributed by atoms with Gasteiger partial charge in [-0.3, -0.25) is 9.69 Å². The number of carbonyl (C=O) groups excluding carboxylic acids is 1. The van der Waals surface area contributed by atoms with Gasteiger partial charge in [0.25, 0.3) is 0 Å². The zero-order chi connectivity index (χ0) is 25.7. The maximum atomic E-state index is 13.4. The van der Waals surface area contributed by atoms with Gasteiger partial charge in [0.15, 0.2) is 0 Å². The number of benzene rings is 4. The third kappa shape index (κ3) is 5.33. The lowest BCUT2D eigenvalue weighted by Gasteiger charge is -2.30. The van der Waals surface area contributed by atoms with Crippen LogP contribution in [-0.4, -0.2) is 30.4 Å². The first-order chi connectivity index (χ1) is 18.8. The second-order valence-electron chi connectivity index (χ2n) is 10.0. The smallest absolute Gasteiger partial charge is 0.234 e. The minimum absolute atomic E-state index is 0.0882. The summed E-state index contributed by atoms with van der Waals surface area (Å²) in [7, 11) is 0. The molecule has 0 saturated carbocycles. The van der Waals surface area contributed by atoms with Gasteiger partial charge in [0, 0.05) is 23.7 Å². The second-order valence-corrected chi connectivity index (χ2v) is 11.0. The predicted octanol–water partition coefficient (Wildman–Crippen LogP) is 7.10. The number of nitrogens with one attached hydrogen (secondary N) is 1. The molecule has 4 aromatic rings. The van der Waals surface area contributed by atoms with E-state index in [2.05, 4.69) is 119 Å². The fourth-order valence-electron chi connectivity index (χ4n) is 5.70. The van der Waals surface area contributed by atoms with Gasteiger partial charge in [0.05, 0.1) is 12.6 Å². The molecule has 2 aliphatic rings. The first kappa shape index (κ1) is 24.7. The normalized spacial score (nSPS) is 17.2. The molecule has 2 aliphatic heterocycles. The van der Waals surface area contributed by atoms with Gasteiger partial charge in [0.2, 0.25) is 5.91 Å². The Morgan fingerprint density at radius 1 is 0.737 bits per heavy atom. The highest BCUT2D eigenvalue weighted by Crippen LogP contribution is 2.39. The highest BCUT2D eigenvalue weighted by atomic mass is 32.2. The number of hydrogen-bond donors (Lipinski definition) is 1. The van der Waals surface area contributed by atoms with E-state index in [0.717, 1.165) is 31.7 Å². The molecule has 0 unspecified atom stereocenters. The van der Waals surface area contributed by atoms with Crippen LogP contribution in [0.1, 0.15) is 46.7 Å². The van der Waals surface area contributed by atoms with E-state index < -0.39 is 0 Å². The quantitative estimate of drug-likeness (QED) is 0.307. The molecule has 0 radical (unpaired) electrons. The maximum Gasteiger partial charge on any atom is 0.234 e. The highest BCUT2D eigenvalue weighted by molar-refractivity contribution is 7.98. The van der Waals surface area contributed by atoms with Gasteiger partial charge in [-0.2, -0.15) is 0 Å². The van der Waals surface area contributed by atoms with E-state index in [-0.39, 0.29) is 11.9 Å². The lowest BCUT2D eigenvalue weighted by atomic mass is 9.88. The zero-order valence-corrected chi connectivity index (χ0v) is 22.3. The van der Waals surface area contributed by atoms with E-state index in [1.165, 1.54) is 43.9 Å². The monoisotopic (exact) mass is 516 g/mol. The highest BCUT2D eigenvalue weighted by Gasteiger charge is 2.27. The van der Waals surface area contributed by atoms with Crippen LogP contribution in [-0.2, 0) is 10.5 Å². The summed E-state index contributed by atoms with van der Waals surface area (Å²) in [4.78, 5) is 16.9. The van der Waals surface area contributed by atoms with Crippen molar-refractivity contribution in [3.05, 3.63) is 143 Å². The van der Waals surface area contributed by atoms with E-state index in [4.69, 9.17) is 0 Å². The fraction of sp³-hybridized carbons (Fsp3) is 0.206. The van der Waals surface area contributed by atoms with E-state index in [9.17, 15) is 4.79 Å². The SMILES string of the molecule is O=C(CN1CCC(=C(c2ccccc2)c2ccccc2)CC1)N[C@H]1c2ccccc2CSc2ccccc21. The van der Waals surface area contributed by atoms with E-state index >= 15 is 0 Å². The van der Waals surface area contributed by atoms with Crippen LogP contribution >= 0.6 is 11.8 Å². The molecule has 1 saturated heterocycles. The Hall–Kier alpha value is -3.60. The molecular formula is C34H32N2OS. The van der Waals surface area contributed by atoms with E-state index in [1.807, 2.05) is 11.8 Å². The Morgan fingerprint density at radius 2 is 1.32 bits per heavy atom. The van der Waals surface area contributed by atoms with Crippen LogP contribution in [0.5, 0.6) is 0 Å². The third-order valence-corrected chi connectivity index (χ3v) is 8.73. The van der Waals surface area contributed by atoms with Crippen LogP contribution in [0.2, 0.25) is 0 Å². The number of nitrogens with zero attached hydrogens (tertiary/aromatic N) is 1. The topological polar surface area (TPSA) is 32.3 Å². The number of carbonyl (C=O) groups is 1. The van der Waals surface area contributed by atoms with Crippen LogP contribution in [0.3, 0.4) is 0 Å². The first-order valence-electron chi connectivity index (χ1n) is 13.4. The van der Waals surface area contributed by atoms with Crippen molar-refractivity contribution < 1.29 is 4.79 Å². The zero-order valence-electron chi connectivity index (χ0n) is 21.5. The standard InChI is InChI=1S/C34H32N2OS/c37-32(35-34-29-16-8-7-15-28(29)24-38-31-18-10-9-17-30(31)34)23-36-21-19-27(20-22-36)33(25-11-3-1-4-12-25)26-13-5-2-6-14-26/h1-18,34H,19-24H2,(H,35,37)/t34-/m0/s1. The number of likely N-dealkylation sites (tertiary alicyclic amines) is 1. The Balaban J connectivity index is 1.18. The summed E-state index contributed by atoms with van der Waals surface area (Å²) in [6.45, 7) is 2.20. The summed E-state index contributed by atoms with van der Waals surface area (Å²) in [5, 5.41) is 3.40. The molecule has 1 fully saturated rings. The average molecular weight is 517 g/mol. The summed E-state index contributed by atoms with van der Waals surface area (Å²) >= 11 is 1.85. The summed E-state index contributed by atoms with van der Waals surface area (Å²) in [5.41, 5.74) is 9.04. The molecule has 38 heavy (non-hydrogen) atoms. The number of amides is 1. The molecule has 3 nitrogen and oxygen atoms in total. The van der Waals surface area contributed by atoms with Crippen LogP contribution in [0.4, 0.5) is 0 Å². The number of hydrogen-bond acceptors (Lipinski definition) is 3. The molecule has 1 N–H and O–H groups in total. The van der Waals surface area contributed by atoms with Crippen molar-refractivity contribution >= 4 is 23.2 Å². The number of fused-ring (bicyclic) bond motifs is 2. The van der Waals surface area contributed by atoms with Gasteiger partial charge in [0.1, 0.15) is 0 Å². The molecule has 2 heterocycles. The molecule has 0 aliphatic carbocycles. The van der Waals surface area contributed by atoms with Gasteiger partial charge in [-0.1, -0.05) is 109 Å². The molecule has 0 aromatic heterocycles. The second kappa shape index (κ2) is 11.4. The molecule has 4 heteroatoms. The fourth-order valence-corrected chi connectivity index (χ4v) is 6.80. The van der Waals surface area contributed by atoms with E-state index in [0.29, 0.717) is 6.54 Å². The van der Waals surface area contributed by atoms with Crippen molar-refractivity contribution in [3.63, 3.8) is 0 Å². The number of thioether (sulfide) groups is 1. The Bertz CT molecular complexity index is 1350. The lowest BCUT2D eigenvalue weighted by Crippen LogP contribution is -2.41. The van der Waals surface area contributed by atoms with Crippen molar-refractivity contribution in [2.75, 3.05) is 19.6 Å². The third-order valence-electron chi connectivity index (χ3n) is 7.59. The summed E-state index contributed by atoms with van der Waals surface area (Å²) in [6.07, 6.45) is 1.94. The molecule has 0 bridgehead atoms. The number of rotatable bonds is 5. The van der Waals surface area contributed by atoms with Gasteiger partial charge < -0.3 is 5.32 Å². The molecule has 6 rings (SSSR count). The van der Waals surface area contributed by atoms with Gasteiger partial charge in [-0.25, -0.2) is 0 Å². The molecule has 0 spiro atoms.